The van der Waals surface area contributed by atoms with E-state index in [1.165, 1.54) is 11.3 Å². The van der Waals surface area contributed by atoms with Gasteiger partial charge in [0, 0.05) is 7.05 Å². The molecule has 0 aromatic carbocycles. The fourth-order valence-corrected chi connectivity index (χ4v) is 2.68. The molecule has 0 saturated carbocycles. The smallest absolute Gasteiger partial charge is 0.349 e. The summed E-state index contributed by atoms with van der Waals surface area (Å²) in [6.07, 6.45) is 0. The lowest BCUT2D eigenvalue weighted by molar-refractivity contribution is 0.00745. The maximum absolute atomic E-state index is 12.2. The van der Waals surface area contributed by atoms with E-state index < -0.39 is 17.5 Å². The third-order valence-electron chi connectivity index (χ3n) is 2.44. The number of carbonyl (C=O) groups is 2. The summed E-state index contributed by atoms with van der Waals surface area (Å²) >= 11 is 1.20. The van der Waals surface area contributed by atoms with E-state index in [4.69, 9.17) is 9.47 Å². The molecule has 0 bridgehead atoms. The Morgan fingerprint density at radius 3 is 2.30 bits per heavy atom. The largest absolute Gasteiger partial charge is 0.462 e. The molecule has 6 heteroatoms. The number of ether oxygens (including phenoxy) is 2. The number of hydrogen-bond donors (Lipinski definition) is 1. The summed E-state index contributed by atoms with van der Waals surface area (Å²) in [6.45, 7) is 9.17. The minimum atomic E-state index is -0.572. The number of thiophene rings is 1. The molecule has 1 N–H and O–H groups in total. The van der Waals surface area contributed by atoms with E-state index in [0.29, 0.717) is 27.6 Å². The Labute approximate surface area is 123 Å². The summed E-state index contributed by atoms with van der Waals surface area (Å²) in [6, 6.07) is 0. The van der Waals surface area contributed by atoms with Crippen LogP contribution in [-0.2, 0) is 9.47 Å². The van der Waals surface area contributed by atoms with E-state index in [2.05, 4.69) is 5.32 Å². The Hall–Kier alpha value is -1.56. The van der Waals surface area contributed by atoms with Crippen molar-refractivity contribution in [3.63, 3.8) is 0 Å². The third kappa shape index (κ3) is 3.72. The highest BCUT2D eigenvalue weighted by molar-refractivity contribution is 7.18. The highest BCUT2D eigenvalue weighted by Crippen LogP contribution is 2.34. The summed E-state index contributed by atoms with van der Waals surface area (Å²) in [5, 5.41) is 3.54. The maximum Gasteiger partial charge on any atom is 0.349 e. The van der Waals surface area contributed by atoms with E-state index in [1.807, 2.05) is 0 Å². The lowest BCUT2D eigenvalue weighted by Gasteiger charge is -2.19. The zero-order valence-electron chi connectivity index (χ0n) is 12.7. The second kappa shape index (κ2) is 6.26. The fourth-order valence-electron chi connectivity index (χ4n) is 1.66. The molecular formula is C14H21NO4S. The Bertz CT molecular complexity index is 514. The van der Waals surface area contributed by atoms with Crippen molar-refractivity contribution in [1.29, 1.82) is 0 Å². The topological polar surface area (TPSA) is 64.6 Å². The van der Waals surface area contributed by atoms with Crippen LogP contribution in [0.15, 0.2) is 0 Å². The molecule has 0 unspecified atom stereocenters. The molecule has 1 rings (SSSR count). The molecule has 1 aromatic heterocycles. The molecular weight excluding hydrogens is 278 g/mol. The monoisotopic (exact) mass is 299 g/mol. The molecule has 0 radical (unpaired) electrons. The predicted molar refractivity (Wildman–Crippen MR) is 79.7 cm³/mol. The number of anilines is 1. The van der Waals surface area contributed by atoms with Gasteiger partial charge in [-0.1, -0.05) is 0 Å². The van der Waals surface area contributed by atoms with Crippen LogP contribution in [0.1, 0.15) is 53.3 Å². The Morgan fingerprint density at radius 2 is 1.85 bits per heavy atom. The molecule has 0 aliphatic rings. The molecule has 5 nitrogen and oxygen atoms in total. The minimum Gasteiger partial charge on any atom is -0.462 e. The van der Waals surface area contributed by atoms with Crippen molar-refractivity contribution >= 4 is 28.3 Å². The van der Waals surface area contributed by atoms with Crippen molar-refractivity contribution in [2.75, 3.05) is 19.0 Å². The Kier molecular flexibility index (Phi) is 5.16. The average molecular weight is 299 g/mol. The SMILES string of the molecule is CCOC(=O)c1c(NC)sc(C(=O)OC(C)(C)C)c1C. The fraction of sp³-hybridized carbons (Fsp3) is 0.571. The first-order valence-corrected chi connectivity index (χ1v) is 7.24. The van der Waals surface area contributed by atoms with Crippen LogP contribution in [0.4, 0.5) is 5.00 Å². The predicted octanol–water partition coefficient (Wildman–Crippen LogP) is 3.23. The standard InChI is InChI=1S/C14H21NO4S/c1-7-18-12(16)9-8(2)10(20-11(9)15-6)13(17)19-14(3,4)5/h15H,7H2,1-6H3. The quantitative estimate of drug-likeness (QED) is 0.865. The lowest BCUT2D eigenvalue weighted by Crippen LogP contribution is -2.23. The van der Waals surface area contributed by atoms with E-state index in [1.54, 1.807) is 41.7 Å². The Balaban J connectivity index is 3.18. The molecule has 0 amide bonds. The molecule has 0 fully saturated rings. The average Bonchev–Trinajstić information content (AvgIpc) is 2.64. The van der Waals surface area contributed by atoms with Crippen LogP contribution >= 0.6 is 11.3 Å². The maximum atomic E-state index is 12.2. The van der Waals surface area contributed by atoms with Crippen LogP contribution in [0.3, 0.4) is 0 Å². The van der Waals surface area contributed by atoms with E-state index in [9.17, 15) is 9.59 Å². The van der Waals surface area contributed by atoms with Crippen molar-refractivity contribution < 1.29 is 19.1 Å². The molecule has 0 atom stereocenters. The molecule has 1 aromatic rings. The van der Waals surface area contributed by atoms with Crippen LogP contribution in [0.5, 0.6) is 0 Å². The highest BCUT2D eigenvalue weighted by Gasteiger charge is 2.28. The lowest BCUT2D eigenvalue weighted by atomic mass is 10.1. The molecule has 1 heterocycles. The summed E-state index contributed by atoms with van der Waals surface area (Å²) < 4.78 is 10.4. The van der Waals surface area contributed by atoms with Crippen molar-refractivity contribution in [2.45, 2.75) is 40.2 Å². The third-order valence-corrected chi connectivity index (χ3v) is 3.73. The summed E-state index contributed by atoms with van der Waals surface area (Å²) in [4.78, 5) is 24.5. The van der Waals surface area contributed by atoms with E-state index in [0.717, 1.165) is 0 Å². The number of carbonyl (C=O) groups excluding carboxylic acids is 2. The van der Waals surface area contributed by atoms with Gasteiger partial charge in [0.05, 0.1) is 12.2 Å². The van der Waals surface area contributed by atoms with Gasteiger partial charge in [-0.15, -0.1) is 11.3 Å². The van der Waals surface area contributed by atoms with Gasteiger partial charge in [-0.05, 0) is 40.2 Å². The molecule has 0 spiro atoms. The zero-order chi connectivity index (χ0) is 15.5. The van der Waals surface area contributed by atoms with Crippen LogP contribution < -0.4 is 5.32 Å². The van der Waals surface area contributed by atoms with Gasteiger partial charge in [-0.25, -0.2) is 9.59 Å². The molecule has 20 heavy (non-hydrogen) atoms. The van der Waals surface area contributed by atoms with Crippen LogP contribution in [0.25, 0.3) is 0 Å². The normalized spacial score (nSPS) is 11.1. The summed E-state index contributed by atoms with van der Waals surface area (Å²) in [5.74, 6) is -0.854. The van der Waals surface area contributed by atoms with Gasteiger partial charge in [0.2, 0.25) is 0 Å². The van der Waals surface area contributed by atoms with Crippen molar-refractivity contribution in [3.05, 3.63) is 16.0 Å². The first-order valence-electron chi connectivity index (χ1n) is 6.42. The number of nitrogens with one attached hydrogen (secondary N) is 1. The summed E-state index contributed by atoms with van der Waals surface area (Å²) in [5.41, 5.74) is 0.421. The molecule has 0 saturated heterocycles. The van der Waals surface area contributed by atoms with Gasteiger partial charge in [-0.3, -0.25) is 0 Å². The first kappa shape index (κ1) is 16.5. The van der Waals surface area contributed by atoms with Gasteiger partial charge in [-0.2, -0.15) is 0 Å². The van der Waals surface area contributed by atoms with Crippen molar-refractivity contribution in [3.8, 4) is 0 Å². The number of rotatable bonds is 4. The second-order valence-electron chi connectivity index (χ2n) is 5.23. The molecule has 0 aliphatic heterocycles. The van der Waals surface area contributed by atoms with Gasteiger partial charge < -0.3 is 14.8 Å². The first-order chi connectivity index (χ1) is 9.21. The minimum absolute atomic E-state index is 0.291. The second-order valence-corrected chi connectivity index (χ2v) is 6.25. The van der Waals surface area contributed by atoms with Gasteiger partial charge in [0.1, 0.15) is 15.5 Å². The zero-order valence-corrected chi connectivity index (χ0v) is 13.6. The van der Waals surface area contributed by atoms with Gasteiger partial charge >= 0.3 is 11.9 Å². The number of esters is 2. The van der Waals surface area contributed by atoms with Crippen molar-refractivity contribution in [2.24, 2.45) is 0 Å². The van der Waals surface area contributed by atoms with Crippen LogP contribution in [0, 0.1) is 6.92 Å². The van der Waals surface area contributed by atoms with E-state index in [-0.39, 0.29) is 0 Å². The van der Waals surface area contributed by atoms with Gasteiger partial charge in [0.25, 0.3) is 0 Å². The van der Waals surface area contributed by atoms with Crippen LogP contribution in [-0.4, -0.2) is 31.2 Å². The van der Waals surface area contributed by atoms with Crippen molar-refractivity contribution in [1.82, 2.24) is 0 Å². The molecule has 0 aliphatic carbocycles. The van der Waals surface area contributed by atoms with Gasteiger partial charge in [0.15, 0.2) is 0 Å². The van der Waals surface area contributed by atoms with E-state index >= 15 is 0 Å². The highest BCUT2D eigenvalue weighted by atomic mass is 32.1. The Morgan fingerprint density at radius 1 is 1.25 bits per heavy atom. The summed E-state index contributed by atoms with van der Waals surface area (Å²) in [7, 11) is 1.70. The molecule has 112 valence electrons. The van der Waals surface area contributed by atoms with Crippen LogP contribution in [0.2, 0.25) is 0 Å². The number of hydrogen-bond acceptors (Lipinski definition) is 6.